The maximum atomic E-state index is 8.88. The van der Waals surface area contributed by atoms with Crippen LogP contribution in [0.4, 0.5) is 0 Å². The van der Waals surface area contributed by atoms with Gasteiger partial charge in [-0.15, -0.1) is 6.42 Å². The zero-order valence-electron chi connectivity index (χ0n) is 7.99. The molecule has 1 aromatic heterocycles. The average Bonchev–Trinajstić information content (AvgIpc) is 2.77. The number of hydrogen-bond donors (Lipinski definition) is 1. The molecule has 0 spiro atoms. The van der Waals surface area contributed by atoms with Crippen LogP contribution in [0.25, 0.3) is 11.1 Å². The first-order valence-corrected chi connectivity index (χ1v) is 4.49. The van der Waals surface area contributed by atoms with Crippen molar-refractivity contribution in [3.05, 3.63) is 47.8 Å². The summed E-state index contributed by atoms with van der Waals surface area (Å²) < 4.78 is 0. The van der Waals surface area contributed by atoms with Gasteiger partial charge >= 0.3 is 0 Å². The first-order valence-electron chi connectivity index (χ1n) is 4.49. The molecule has 15 heavy (non-hydrogen) atoms. The van der Waals surface area contributed by atoms with Gasteiger partial charge in [0.25, 0.3) is 0 Å². The van der Waals surface area contributed by atoms with Crippen LogP contribution >= 0.6 is 0 Å². The number of nitriles is 1. The van der Waals surface area contributed by atoms with Crippen molar-refractivity contribution in [2.24, 2.45) is 0 Å². The number of hydrogen-bond acceptors (Lipinski definition) is 1. The van der Waals surface area contributed by atoms with Crippen molar-refractivity contribution in [1.82, 2.24) is 4.98 Å². The van der Waals surface area contributed by atoms with Gasteiger partial charge in [-0.25, -0.2) is 0 Å². The first-order chi connectivity index (χ1) is 7.35. The lowest BCUT2D eigenvalue weighted by Crippen LogP contribution is -1.80. The smallest absolute Gasteiger partial charge is 0.101 e. The molecule has 0 aliphatic carbocycles. The van der Waals surface area contributed by atoms with Crippen LogP contribution in [0.15, 0.2) is 36.7 Å². The molecule has 2 heteroatoms. The highest BCUT2D eigenvalue weighted by atomic mass is 14.6. The lowest BCUT2D eigenvalue weighted by molar-refractivity contribution is 1.40. The number of aromatic amines is 1. The molecule has 0 aliphatic rings. The summed E-state index contributed by atoms with van der Waals surface area (Å²) >= 11 is 0. The molecule has 0 amide bonds. The van der Waals surface area contributed by atoms with Crippen LogP contribution in [0.1, 0.15) is 11.1 Å². The Hall–Kier alpha value is -2.45. The van der Waals surface area contributed by atoms with Gasteiger partial charge in [0.05, 0.1) is 5.56 Å². The minimum atomic E-state index is 0.629. The van der Waals surface area contributed by atoms with Gasteiger partial charge < -0.3 is 4.98 Å². The van der Waals surface area contributed by atoms with Crippen LogP contribution in [0.2, 0.25) is 0 Å². The minimum Gasteiger partial charge on any atom is -0.366 e. The zero-order chi connectivity index (χ0) is 10.7. The molecule has 0 atom stereocenters. The van der Waals surface area contributed by atoms with Crippen LogP contribution in [0, 0.1) is 23.7 Å². The molecular formula is C13H8N2. The van der Waals surface area contributed by atoms with E-state index in [0.717, 1.165) is 16.7 Å². The predicted molar refractivity (Wildman–Crippen MR) is 58.9 cm³/mol. The zero-order valence-corrected chi connectivity index (χ0v) is 7.99. The minimum absolute atomic E-state index is 0.629. The van der Waals surface area contributed by atoms with E-state index in [2.05, 4.69) is 17.0 Å². The number of nitrogens with zero attached hydrogens (tertiary/aromatic N) is 1. The maximum Gasteiger partial charge on any atom is 0.101 e. The molecule has 0 fully saturated rings. The van der Waals surface area contributed by atoms with Crippen LogP contribution in [0.5, 0.6) is 0 Å². The summed E-state index contributed by atoms with van der Waals surface area (Å²) in [6.07, 6.45) is 8.80. The van der Waals surface area contributed by atoms with Crippen LogP contribution < -0.4 is 0 Å². The van der Waals surface area contributed by atoms with Crippen molar-refractivity contribution in [2.75, 3.05) is 0 Å². The molecule has 70 valence electrons. The molecular weight excluding hydrogens is 184 g/mol. The normalized spacial score (nSPS) is 9.20. The second-order valence-electron chi connectivity index (χ2n) is 3.12. The predicted octanol–water partition coefficient (Wildman–Crippen LogP) is 2.53. The summed E-state index contributed by atoms with van der Waals surface area (Å²) in [5.74, 6) is 2.57. The van der Waals surface area contributed by atoms with E-state index in [0.29, 0.717) is 5.56 Å². The highest BCUT2D eigenvalue weighted by Crippen LogP contribution is 2.23. The lowest BCUT2D eigenvalue weighted by atomic mass is 10.0. The SMILES string of the molecule is C#Cc1cccc(-c2c[nH]cc2C#N)c1. The number of terminal acetylenes is 1. The summed E-state index contributed by atoms with van der Waals surface area (Å²) in [5.41, 5.74) is 3.29. The molecule has 1 aromatic carbocycles. The molecule has 0 aliphatic heterocycles. The quantitative estimate of drug-likeness (QED) is 0.693. The van der Waals surface area contributed by atoms with Crippen molar-refractivity contribution >= 4 is 0 Å². The molecule has 2 aromatic rings. The van der Waals surface area contributed by atoms with Gasteiger partial charge in [0.1, 0.15) is 6.07 Å². The fourth-order valence-corrected chi connectivity index (χ4v) is 1.47. The number of nitrogens with one attached hydrogen (secondary N) is 1. The third kappa shape index (κ3) is 1.61. The van der Waals surface area contributed by atoms with E-state index < -0.39 is 0 Å². The molecule has 2 rings (SSSR count). The Bertz CT molecular complexity index is 565. The van der Waals surface area contributed by atoms with Gasteiger partial charge in [-0.2, -0.15) is 5.26 Å². The summed E-state index contributed by atoms with van der Waals surface area (Å²) in [7, 11) is 0. The highest BCUT2D eigenvalue weighted by Gasteiger charge is 2.05. The second-order valence-corrected chi connectivity index (χ2v) is 3.12. The Balaban J connectivity index is 2.56. The molecule has 0 saturated carbocycles. The number of H-pyrrole nitrogens is 1. The van der Waals surface area contributed by atoms with Crippen LogP contribution in [-0.4, -0.2) is 4.98 Å². The van der Waals surface area contributed by atoms with Crippen molar-refractivity contribution in [2.45, 2.75) is 0 Å². The van der Waals surface area contributed by atoms with E-state index in [4.69, 9.17) is 11.7 Å². The van der Waals surface area contributed by atoms with E-state index in [9.17, 15) is 0 Å². The van der Waals surface area contributed by atoms with Crippen molar-refractivity contribution in [1.29, 1.82) is 5.26 Å². The fourth-order valence-electron chi connectivity index (χ4n) is 1.47. The molecule has 2 nitrogen and oxygen atoms in total. The van der Waals surface area contributed by atoms with E-state index in [1.54, 1.807) is 12.4 Å². The molecule has 0 saturated heterocycles. The van der Waals surface area contributed by atoms with E-state index >= 15 is 0 Å². The van der Waals surface area contributed by atoms with Gasteiger partial charge in [-0.1, -0.05) is 18.1 Å². The Labute approximate surface area is 88.2 Å². The first kappa shape index (κ1) is 9.12. The maximum absolute atomic E-state index is 8.88. The standard InChI is InChI=1S/C13H8N2/c1-2-10-4-3-5-11(6-10)13-9-15-8-12(13)7-14/h1,3-6,8-9,15H. The topological polar surface area (TPSA) is 39.6 Å². The average molecular weight is 192 g/mol. The van der Waals surface area contributed by atoms with Gasteiger partial charge in [0, 0.05) is 23.5 Å². The van der Waals surface area contributed by atoms with Crippen molar-refractivity contribution < 1.29 is 0 Å². The van der Waals surface area contributed by atoms with Gasteiger partial charge in [-0.05, 0) is 17.7 Å². The van der Waals surface area contributed by atoms with E-state index in [1.165, 1.54) is 0 Å². The Morgan fingerprint density at radius 1 is 1.27 bits per heavy atom. The van der Waals surface area contributed by atoms with Crippen LogP contribution in [0.3, 0.4) is 0 Å². The second kappa shape index (κ2) is 3.74. The molecule has 0 radical (unpaired) electrons. The number of benzene rings is 1. The number of aromatic nitrogens is 1. The van der Waals surface area contributed by atoms with Gasteiger partial charge in [-0.3, -0.25) is 0 Å². The van der Waals surface area contributed by atoms with Gasteiger partial charge in [0.15, 0.2) is 0 Å². The lowest BCUT2D eigenvalue weighted by Gasteiger charge is -1.99. The molecule has 0 unspecified atom stereocenters. The van der Waals surface area contributed by atoms with E-state index in [1.807, 2.05) is 24.3 Å². The van der Waals surface area contributed by atoms with Crippen LogP contribution in [-0.2, 0) is 0 Å². The Kier molecular flexibility index (Phi) is 2.27. The summed E-state index contributed by atoms with van der Waals surface area (Å²) in [5, 5.41) is 8.88. The summed E-state index contributed by atoms with van der Waals surface area (Å²) in [4.78, 5) is 2.91. The number of rotatable bonds is 1. The Morgan fingerprint density at radius 3 is 2.87 bits per heavy atom. The molecule has 1 N–H and O–H groups in total. The highest BCUT2D eigenvalue weighted by molar-refractivity contribution is 5.71. The largest absolute Gasteiger partial charge is 0.366 e. The van der Waals surface area contributed by atoms with Crippen molar-refractivity contribution in [3.8, 4) is 29.5 Å². The third-order valence-corrected chi connectivity index (χ3v) is 2.21. The van der Waals surface area contributed by atoms with Gasteiger partial charge in [0.2, 0.25) is 0 Å². The summed E-state index contributed by atoms with van der Waals surface area (Å²) in [6.45, 7) is 0. The molecule has 0 bridgehead atoms. The monoisotopic (exact) mass is 192 g/mol. The van der Waals surface area contributed by atoms with E-state index in [-0.39, 0.29) is 0 Å². The Morgan fingerprint density at radius 2 is 2.13 bits per heavy atom. The molecule has 1 heterocycles. The fraction of sp³-hybridized carbons (Fsp3) is 0. The summed E-state index contributed by atoms with van der Waals surface area (Å²) in [6, 6.07) is 9.71. The van der Waals surface area contributed by atoms with Crippen molar-refractivity contribution in [3.63, 3.8) is 0 Å². The third-order valence-electron chi connectivity index (χ3n) is 2.21.